The van der Waals surface area contributed by atoms with Gasteiger partial charge >= 0.3 is 0 Å². The molecule has 1 aromatic carbocycles. The molecule has 0 atom stereocenters. The van der Waals surface area contributed by atoms with Crippen LogP contribution in [0.25, 0.3) is 0 Å². The van der Waals surface area contributed by atoms with E-state index in [1.54, 1.807) is 0 Å². The maximum atomic E-state index is 13.2. The van der Waals surface area contributed by atoms with Crippen LogP contribution in [0.4, 0.5) is 4.39 Å². The van der Waals surface area contributed by atoms with Crippen LogP contribution in [0, 0.1) is 18.2 Å². The zero-order chi connectivity index (χ0) is 10.8. The van der Waals surface area contributed by atoms with Crippen molar-refractivity contribution in [1.29, 1.82) is 0 Å². The molecule has 0 aliphatic rings. The third kappa shape index (κ3) is 2.83. The summed E-state index contributed by atoms with van der Waals surface area (Å²) in [6, 6.07) is 3.87. The first kappa shape index (κ1) is 10.7. The van der Waals surface area contributed by atoms with Gasteiger partial charge in [-0.05, 0) is 12.1 Å². The number of nitrogens with two attached hydrogens (primary N) is 1. The Kier molecular flexibility index (Phi) is 2.89. The van der Waals surface area contributed by atoms with E-state index in [0.717, 1.165) is 6.07 Å². The molecule has 0 fully saturated rings. The molecule has 0 aliphatic heterocycles. The molecule has 74 valence electrons. The van der Waals surface area contributed by atoms with Crippen molar-refractivity contribution in [2.45, 2.75) is 5.75 Å². The average molecular weight is 213 g/mol. The number of terminal acetylenes is 1. The molecule has 1 aromatic rings. The van der Waals surface area contributed by atoms with E-state index in [2.05, 4.69) is 5.92 Å². The number of halogens is 1. The van der Waals surface area contributed by atoms with Crippen molar-refractivity contribution in [3.8, 4) is 12.3 Å². The molecule has 0 bridgehead atoms. The average Bonchev–Trinajstić information content (AvgIpc) is 2.06. The second-order valence-electron chi connectivity index (χ2n) is 2.76. The van der Waals surface area contributed by atoms with Crippen molar-refractivity contribution in [2.24, 2.45) is 5.14 Å². The molecule has 0 saturated carbocycles. The molecule has 1 rings (SSSR count). The Hall–Kier alpha value is -1.38. The summed E-state index contributed by atoms with van der Waals surface area (Å²) in [5.74, 6) is 1.06. The highest BCUT2D eigenvalue weighted by atomic mass is 32.2. The van der Waals surface area contributed by atoms with Gasteiger partial charge in [0.15, 0.2) is 0 Å². The fraction of sp³-hybridized carbons (Fsp3) is 0.111. The van der Waals surface area contributed by atoms with Gasteiger partial charge in [-0.1, -0.05) is 12.0 Å². The summed E-state index contributed by atoms with van der Waals surface area (Å²) in [6.07, 6.45) is 5.04. The topological polar surface area (TPSA) is 60.2 Å². The summed E-state index contributed by atoms with van der Waals surface area (Å²) in [5, 5.41) is 4.77. The fourth-order valence-electron chi connectivity index (χ4n) is 0.971. The van der Waals surface area contributed by atoms with Crippen molar-refractivity contribution in [1.82, 2.24) is 0 Å². The lowest BCUT2D eigenvalue weighted by Gasteiger charge is -2.01. The highest BCUT2D eigenvalue weighted by Gasteiger charge is 2.09. The van der Waals surface area contributed by atoms with Gasteiger partial charge in [0, 0.05) is 11.1 Å². The Morgan fingerprint density at radius 1 is 1.50 bits per heavy atom. The number of primary sulfonamides is 1. The van der Waals surface area contributed by atoms with Crippen LogP contribution in [0.1, 0.15) is 11.1 Å². The highest BCUT2D eigenvalue weighted by molar-refractivity contribution is 7.88. The van der Waals surface area contributed by atoms with Gasteiger partial charge in [0.2, 0.25) is 10.0 Å². The SMILES string of the molecule is C#Cc1ccc(CS(N)(=O)=O)c(F)c1. The van der Waals surface area contributed by atoms with Crippen LogP contribution in [-0.4, -0.2) is 8.42 Å². The third-order valence-corrected chi connectivity index (χ3v) is 2.29. The first-order valence-corrected chi connectivity index (χ1v) is 5.39. The quantitative estimate of drug-likeness (QED) is 0.731. The largest absolute Gasteiger partial charge is 0.228 e. The summed E-state index contributed by atoms with van der Waals surface area (Å²) < 4.78 is 34.5. The lowest BCUT2D eigenvalue weighted by Crippen LogP contribution is -2.15. The minimum Gasteiger partial charge on any atom is -0.228 e. The number of hydrogen-bond donors (Lipinski definition) is 1. The van der Waals surface area contributed by atoms with Gasteiger partial charge in [-0.15, -0.1) is 6.42 Å². The Morgan fingerprint density at radius 3 is 2.57 bits per heavy atom. The molecule has 0 radical (unpaired) electrons. The Labute approximate surface area is 81.8 Å². The van der Waals surface area contributed by atoms with Crippen LogP contribution in [0.3, 0.4) is 0 Å². The molecule has 0 amide bonds. The van der Waals surface area contributed by atoms with Crippen LogP contribution in [-0.2, 0) is 15.8 Å². The number of sulfonamides is 1. The first-order chi connectivity index (χ1) is 6.42. The van der Waals surface area contributed by atoms with E-state index in [0.29, 0.717) is 5.56 Å². The molecular weight excluding hydrogens is 205 g/mol. The van der Waals surface area contributed by atoms with Gasteiger partial charge in [0.05, 0.1) is 5.75 Å². The Bertz CT molecular complexity index is 488. The molecule has 14 heavy (non-hydrogen) atoms. The number of rotatable bonds is 2. The van der Waals surface area contributed by atoms with E-state index >= 15 is 0 Å². The van der Waals surface area contributed by atoms with Crippen molar-refractivity contribution < 1.29 is 12.8 Å². The molecule has 2 N–H and O–H groups in total. The zero-order valence-electron chi connectivity index (χ0n) is 7.20. The lowest BCUT2D eigenvalue weighted by atomic mass is 10.1. The molecular formula is C9H8FNO2S. The van der Waals surface area contributed by atoms with E-state index < -0.39 is 21.6 Å². The monoisotopic (exact) mass is 213 g/mol. The first-order valence-electron chi connectivity index (χ1n) is 3.68. The molecule has 0 aliphatic carbocycles. The van der Waals surface area contributed by atoms with E-state index in [-0.39, 0.29) is 5.56 Å². The maximum absolute atomic E-state index is 13.2. The molecule has 0 saturated heterocycles. The van der Waals surface area contributed by atoms with Crippen molar-refractivity contribution in [2.75, 3.05) is 0 Å². The second-order valence-corrected chi connectivity index (χ2v) is 4.37. The van der Waals surface area contributed by atoms with Crippen molar-refractivity contribution in [3.63, 3.8) is 0 Å². The minimum absolute atomic E-state index is 0.0199. The molecule has 0 spiro atoms. The van der Waals surface area contributed by atoms with Gasteiger partial charge in [-0.25, -0.2) is 17.9 Å². The van der Waals surface area contributed by atoms with E-state index in [9.17, 15) is 12.8 Å². The van der Waals surface area contributed by atoms with Crippen molar-refractivity contribution in [3.05, 3.63) is 35.1 Å². The molecule has 0 unspecified atom stereocenters. The third-order valence-electron chi connectivity index (χ3n) is 1.58. The maximum Gasteiger partial charge on any atom is 0.213 e. The summed E-state index contributed by atoms with van der Waals surface area (Å²) in [6.45, 7) is 0. The standard InChI is InChI=1S/C9H8FNO2S/c1-2-7-3-4-8(9(10)5-7)6-14(11,12)13/h1,3-5H,6H2,(H2,11,12,13). The van der Waals surface area contributed by atoms with Gasteiger partial charge in [-0.2, -0.15) is 0 Å². The number of benzene rings is 1. The zero-order valence-corrected chi connectivity index (χ0v) is 8.01. The summed E-state index contributed by atoms with van der Waals surface area (Å²) in [7, 11) is -3.71. The number of hydrogen-bond acceptors (Lipinski definition) is 2. The summed E-state index contributed by atoms with van der Waals surface area (Å²) >= 11 is 0. The van der Waals surface area contributed by atoms with Crippen LogP contribution in [0.5, 0.6) is 0 Å². The van der Waals surface area contributed by atoms with Crippen LogP contribution < -0.4 is 5.14 Å². The van der Waals surface area contributed by atoms with Gasteiger partial charge in [0.25, 0.3) is 0 Å². The van der Waals surface area contributed by atoms with Gasteiger partial charge < -0.3 is 0 Å². The normalized spacial score (nSPS) is 10.9. The molecule has 0 heterocycles. The predicted octanol–water partition coefficient (Wildman–Crippen LogP) is 0.596. The van der Waals surface area contributed by atoms with Crippen molar-refractivity contribution >= 4 is 10.0 Å². The molecule has 5 heteroatoms. The smallest absolute Gasteiger partial charge is 0.213 e. The highest BCUT2D eigenvalue weighted by Crippen LogP contribution is 2.11. The van der Waals surface area contributed by atoms with Crippen LogP contribution in [0.15, 0.2) is 18.2 Å². The molecule has 3 nitrogen and oxygen atoms in total. The van der Waals surface area contributed by atoms with E-state index in [1.165, 1.54) is 12.1 Å². The van der Waals surface area contributed by atoms with Gasteiger partial charge in [-0.3, -0.25) is 0 Å². The Balaban J connectivity index is 3.09. The van der Waals surface area contributed by atoms with Gasteiger partial charge in [0.1, 0.15) is 5.82 Å². The van der Waals surface area contributed by atoms with Crippen LogP contribution in [0.2, 0.25) is 0 Å². The van der Waals surface area contributed by atoms with E-state index in [4.69, 9.17) is 11.6 Å². The lowest BCUT2D eigenvalue weighted by molar-refractivity contribution is 0.588. The van der Waals surface area contributed by atoms with E-state index in [1.807, 2.05) is 0 Å². The second kappa shape index (κ2) is 3.78. The summed E-state index contributed by atoms with van der Waals surface area (Å²) in [4.78, 5) is 0. The molecule has 0 aromatic heterocycles. The predicted molar refractivity (Wildman–Crippen MR) is 51.1 cm³/mol. The fourth-order valence-corrected chi connectivity index (χ4v) is 1.64. The van der Waals surface area contributed by atoms with Crippen LogP contribution >= 0.6 is 0 Å². The minimum atomic E-state index is -3.71. The Morgan fingerprint density at radius 2 is 2.14 bits per heavy atom. The summed E-state index contributed by atoms with van der Waals surface area (Å²) in [5.41, 5.74) is 0.382.